The molecule has 1 aromatic rings. The molecule has 1 aromatic heterocycles. The van der Waals surface area contributed by atoms with Crippen molar-refractivity contribution < 1.29 is 5.11 Å². The molecule has 16 heavy (non-hydrogen) atoms. The van der Waals surface area contributed by atoms with Gasteiger partial charge in [-0.25, -0.2) is 0 Å². The van der Waals surface area contributed by atoms with Crippen molar-refractivity contribution in [2.75, 3.05) is 13.7 Å². The quantitative estimate of drug-likeness (QED) is 0.812. The second-order valence-corrected chi connectivity index (χ2v) is 5.22. The minimum Gasteiger partial charge on any atom is -0.395 e. The summed E-state index contributed by atoms with van der Waals surface area (Å²) in [5.74, 6) is 6.00. The SMILES string of the molecule is CC(C)N(C)Cc1ccc(C#CCCO)s1. The molecule has 0 amide bonds. The Kier molecular flexibility index (Phi) is 5.54. The van der Waals surface area contributed by atoms with Gasteiger partial charge in [0.15, 0.2) is 0 Å². The molecule has 0 aromatic carbocycles. The predicted octanol–water partition coefficient (Wildman–Crippen LogP) is 2.32. The zero-order valence-corrected chi connectivity index (χ0v) is 11.0. The summed E-state index contributed by atoms with van der Waals surface area (Å²) >= 11 is 1.73. The van der Waals surface area contributed by atoms with Crippen molar-refractivity contribution in [1.29, 1.82) is 0 Å². The molecular formula is C13H19NOS. The van der Waals surface area contributed by atoms with E-state index in [1.54, 1.807) is 11.3 Å². The predicted molar refractivity (Wildman–Crippen MR) is 69.5 cm³/mol. The Balaban J connectivity index is 2.55. The largest absolute Gasteiger partial charge is 0.395 e. The Morgan fingerprint density at radius 1 is 1.44 bits per heavy atom. The summed E-state index contributed by atoms with van der Waals surface area (Å²) in [6.45, 7) is 5.50. The van der Waals surface area contributed by atoms with E-state index in [0.29, 0.717) is 12.5 Å². The van der Waals surface area contributed by atoms with Crippen LogP contribution in [0.25, 0.3) is 0 Å². The van der Waals surface area contributed by atoms with Gasteiger partial charge in [-0.05, 0) is 33.0 Å². The van der Waals surface area contributed by atoms with Gasteiger partial charge in [0.25, 0.3) is 0 Å². The first kappa shape index (κ1) is 13.2. The highest BCUT2D eigenvalue weighted by Gasteiger charge is 2.05. The standard InChI is InChI=1S/C13H19NOS/c1-11(2)14(3)10-13-8-7-12(16-13)6-4-5-9-15/h7-8,11,15H,5,9-10H2,1-3H3. The van der Waals surface area contributed by atoms with Crippen molar-refractivity contribution >= 4 is 11.3 Å². The lowest BCUT2D eigenvalue weighted by Crippen LogP contribution is -2.24. The van der Waals surface area contributed by atoms with Gasteiger partial charge >= 0.3 is 0 Å². The number of nitrogens with zero attached hydrogens (tertiary/aromatic N) is 1. The molecule has 0 spiro atoms. The van der Waals surface area contributed by atoms with Crippen LogP contribution in [-0.4, -0.2) is 29.7 Å². The smallest absolute Gasteiger partial charge is 0.0771 e. The average molecular weight is 237 g/mol. The molecule has 0 bridgehead atoms. The molecule has 2 nitrogen and oxygen atoms in total. The summed E-state index contributed by atoms with van der Waals surface area (Å²) in [6, 6.07) is 4.75. The van der Waals surface area contributed by atoms with Gasteiger partial charge in [0.1, 0.15) is 0 Å². The van der Waals surface area contributed by atoms with Crippen LogP contribution in [0.15, 0.2) is 12.1 Å². The van der Waals surface area contributed by atoms with Crippen LogP contribution >= 0.6 is 11.3 Å². The van der Waals surface area contributed by atoms with Gasteiger partial charge in [0.05, 0.1) is 11.5 Å². The molecule has 0 saturated heterocycles. The molecule has 1 N–H and O–H groups in total. The van der Waals surface area contributed by atoms with Gasteiger partial charge in [-0.15, -0.1) is 11.3 Å². The molecule has 88 valence electrons. The maximum Gasteiger partial charge on any atom is 0.0771 e. The number of aliphatic hydroxyl groups excluding tert-OH is 1. The van der Waals surface area contributed by atoms with E-state index in [9.17, 15) is 0 Å². The van der Waals surface area contributed by atoms with Crippen molar-refractivity contribution in [3.8, 4) is 11.8 Å². The van der Waals surface area contributed by atoms with E-state index < -0.39 is 0 Å². The van der Waals surface area contributed by atoms with Gasteiger partial charge < -0.3 is 5.11 Å². The van der Waals surface area contributed by atoms with Crippen LogP contribution in [0.2, 0.25) is 0 Å². The van der Waals surface area contributed by atoms with E-state index in [1.807, 2.05) is 0 Å². The maximum absolute atomic E-state index is 8.62. The fraction of sp³-hybridized carbons (Fsp3) is 0.538. The first-order valence-corrected chi connectivity index (χ1v) is 6.34. The number of aliphatic hydroxyl groups is 1. The Morgan fingerprint density at radius 3 is 2.81 bits per heavy atom. The zero-order valence-electron chi connectivity index (χ0n) is 10.2. The van der Waals surface area contributed by atoms with Crippen molar-refractivity contribution in [2.45, 2.75) is 32.9 Å². The highest BCUT2D eigenvalue weighted by atomic mass is 32.1. The molecule has 3 heteroatoms. The van der Waals surface area contributed by atoms with Crippen LogP contribution in [0.4, 0.5) is 0 Å². The third-order valence-corrected chi connectivity index (χ3v) is 3.38. The van der Waals surface area contributed by atoms with Gasteiger partial charge in [-0.2, -0.15) is 0 Å². The zero-order chi connectivity index (χ0) is 12.0. The third kappa shape index (κ3) is 4.36. The topological polar surface area (TPSA) is 23.5 Å². The molecular weight excluding hydrogens is 218 g/mol. The van der Waals surface area contributed by atoms with Crippen molar-refractivity contribution in [3.63, 3.8) is 0 Å². The highest BCUT2D eigenvalue weighted by molar-refractivity contribution is 7.12. The van der Waals surface area contributed by atoms with Gasteiger partial charge in [0, 0.05) is 23.9 Å². The molecule has 0 aliphatic heterocycles. The minimum absolute atomic E-state index is 0.140. The summed E-state index contributed by atoms with van der Waals surface area (Å²) in [5.41, 5.74) is 0. The van der Waals surface area contributed by atoms with Crippen LogP contribution in [0.3, 0.4) is 0 Å². The first-order chi connectivity index (χ1) is 7.63. The summed E-state index contributed by atoms with van der Waals surface area (Å²) in [5, 5.41) is 8.62. The lowest BCUT2D eigenvalue weighted by atomic mass is 10.3. The van der Waals surface area contributed by atoms with E-state index in [0.717, 1.165) is 11.4 Å². The summed E-state index contributed by atoms with van der Waals surface area (Å²) in [7, 11) is 2.13. The monoisotopic (exact) mass is 237 g/mol. The summed E-state index contributed by atoms with van der Waals surface area (Å²) in [4.78, 5) is 4.72. The van der Waals surface area contributed by atoms with Crippen molar-refractivity contribution in [3.05, 3.63) is 21.9 Å². The van der Waals surface area contributed by atoms with E-state index in [2.05, 4.69) is 49.8 Å². The number of hydrogen-bond donors (Lipinski definition) is 1. The number of hydrogen-bond acceptors (Lipinski definition) is 3. The fourth-order valence-electron chi connectivity index (χ4n) is 1.16. The molecule has 1 rings (SSSR count). The van der Waals surface area contributed by atoms with Crippen LogP contribution in [0.1, 0.15) is 30.0 Å². The van der Waals surface area contributed by atoms with E-state index >= 15 is 0 Å². The maximum atomic E-state index is 8.62. The molecule has 0 aliphatic carbocycles. The Bertz CT molecular complexity index is 373. The van der Waals surface area contributed by atoms with Gasteiger partial charge in [0.2, 0.25) is 0 Å². The van der Waals surface area contributed by atoms with Crippen LogP contribution in [-0.2, 0) is 6.54 Å². The van der Waals surface area contributed by atoms with E-state index in [1.165, 1.54) is 4.88 Å². The third-order valence-electron chi connectivity index (χ3n) is 2.40. The second kappa shape index (κ2) is 6.70. The molecule has 0 atom stereocenters. The van der Waals surface area contributed by atoms with Crippen molar-refractivity contribution in [2.24, 2.45) is 0 Å². The normalized spacial score (nSPS) is 10.6. The van der Waals surface area contributed by atoms with Crippen molar-refractivity contribution in [1.82, 2.24) is 4.90 Å². The highest BCUT2D eigenvalue weighted by Crippen LogP contribution is 2.17. The first-order valence-electron chi connectivity index (χ1n) is 5.52. The number of thiophene rings is 1. The number of rotatable bonds is 4. The van der Waals surface area contributed by atoms with Gasteiger partial charge in [-0.3, -0.25) is 4.90 Å². The minimum atomic E-state index is 0.140. The Labute approximate surface area is 102 Å². The Hall–Kier alpha value is -0.820. The van der Waals surface area contributed by atoms with E-state index in [-0.39, 0.29) is 6.61 Å². The van der Waals surface area contributed by atoms with Crippen LogP contribution in [0.5, 0.6) is 0 Å². The average Bonchev–Trinajstić information content (AvgIpc) is 2.66. The molecule has 1 heterocycles. The molecule has 0 radical (unpaired) electrons. The fourth-order valence-corrected chi connectivity index (χ4v) is 2.11. The van der Waals surface area contributed by atoms with Crippen LogP contribution in [0, 0.1) is 11.8 Å². The lowest BCUT2D eigenvalue weighted by molar-refractivity contribution is 0.268. The molecule has 0 aliphatic rings. The van der Waals surface area contributed by atoms with Crippen LogP contribution < -0.4 is 0 Å². The van der Waals surface area contributed by atoms with E-state index in [4.69, 9.17) is 5.11 Å². The molecule has 0 fully saturated rings. The lowest BCUT2D eigenvalue weighted by Gasteiger charge is -2.19. The Morgan fingerprint density at radius 2 is 2.19 bits per heavy atom. The van der Waals surface area contributed by atoms with Gasteiger partial charge in [-0.1, -0.05) is 11.8 Å². The molecule has 0 unspecified atom stereocenters. The summed E-state index contributed by atoms with van der Waals surface area (Å²) < 4.78 is 0. The summed E-state index contributed by atoms with van der Waals surface area (Å²) in [6.07, 6.45) is 0.555. The molecule has 0 saturated carbocycles. The second-order valence-electron chi connectivity index (χ2n) is 4.05.